The molecule has 0 spiro atoms. The highest BCUT2D eigenvalue weighted by Gasteiger charge is 2.10. The molecule has 0 saturated carbocycles. The standard InChI is InChI=1S/C14H13BrN2O3/c15-12-6-2-1-5-11(12)14(19)17-9-13(18)16-8-10-4-3-7-20-10/h1-7H,8-9H2,(H,16,18)(H,17,19). The molecule has 0 aliphatic heterocycles. The van der Waals surface area contributed by atoms with Gasteiger partial charge in [0, 0.05) is 4.47 Å². The van der Waals surface area contributed by atoms with Gasteiger partial charge in [-0.15, -0.1) is 0 Å². The zero-order chi connectivity index (χ0) is 14.4. The largest absolute Gasteiger partial charge is 0.467 e. The highest BCUT2D eigenvalue weighted by molar-refractivity contribution is 9.10. The summed E-state index contributed by atoms with van der Waals surface area (Å²) in [6, 6.07) is 10.5. The van der Waals surface area contributed by atoms with E-state index in [0.717, 1.165) is 0 Å². The van der Waals surface area contributed by atoms with Crippen LogP contribution in [0, 0.1) is 0 Å². The molecule has 0 bridgehead atoms. The molecule has 0 aliphatic carbocycles. The summed E-state index contributed by atoms with van der Waals surface area (Å²) in [6.07, 6.45) is 1.54. The average molecular weight is 337 g/mol. The van der Waals surface area contributed by atoms with Crippen LogP contribution in [-0.2, 0) is 11.3 Å². The van der Waals surface area contributed by atoms with Crippen molar-refractivity contribution in [1.82, 2.24) is 10.6 Å². The fourth-order valence-electron chi connectivity index (χ4n) is 1.56. The van der Waals surface area contributed by atoms with Gasteiger partial charge in [0.1, 0.15) is 5.76 Å². The molecular formula is C14H13BrN2O3. The first-order valence-corrected chi connectivity index (χ1v) is 6.78. The Bertz CT molecular complexity index is 596. The molecule has 20 heavy (non-hydrogen) atoms. The molecule has 1 heterocycles. The van der Waals surface area contributed by atoms with Gasteiger partial charge in [0.05, 0.1) is 24.9 Å². The van der Waals surface area contributed by atoms with Crippen LogP contribution >= 0.6 is 15.9 Å². The zero-order valence-electron chi connectivity index (χ0n) is 10.6. The molecule has 0 unspecified atom stereocenters. The first-order valence-electron chi connectivity index (χ1n) is 5.98. The molecule has 104 valence electrons. The fraction of sp³-hybridized carbons (Fsp3) is 0.143. The number of furan rings is 1. The predicted molar refractivity (Wildman–Crippen MR) is 77.0 cm³/mol. The van der Waals surface area contributed by atoms with Crippen LogP contribution in [0.1, 0.15) is 16.1 Å². The van der Waals surface area contributed by atoms with Gasteiger partial charge in [-0.2, -0.15) is 0 Å². The number of hydrogen-bond acceptors (Lipinski definition) is 3. The Hall–Kier alpha value is -2.08. The number of carbonyl (C=O) groups excluding carboxylic acids is 2. The van der Waals surface area contributed by atoms with Gasteiger partial charge in [-0.3, -0.25) is 9.59 Å². The van der Waals surface area contributed by atoms with Gasteiger partial charge in [0.25, 0.3) is 5.91 Å². The van der Waals surface area contributed by atoms with E-state index in [9.17, 15) is 9.59 Å². The Kier molecular flexibility index (Phi) is 4.95. The summed E-state index contributed by atoms with van der Waals surface area (Å²) in [5.41, 5.74) is 0.492. The minimum atomic E-state index is -0.300. The van der Waals surface area contributed by atoms with Gasteiger partial charge in [-0.1, -0.05) is 12.1 Å². The molecule has 2 amide bonds. The molecule has 2 aromatic rings. The summed E-state index contributed by atoms with van der Waals surface area (Å²) in [7, 11) is 0. The third kappa shape index (κ3) is 3.96. The van der Waals surface area contributed by atoms with Crippen molar-refractivity contribution in [3.63, 3.8) is 0 Å². The summed E-state index contributed by atoms with van der Waals surface area (Å²) in [5, 5.41) is 5.21. The second-order valence-electron chi connectivity index (χ2n) is 4.02. The maximum atomic E-state index is 11.9. The summed E-state index contributed by atoms with van der Waals surface area (Å²) < 4.78 is 5.77. The topological polar surface area (TPSA) is 71.3 Å². The van der Waals surface area contributed by atoms with Crippen molar-refractivity contribution in [2.75, 3.05) is 6.54 Å². The van der Waals surface area contributed by atoms with Crippen molar-refractivity contribution >= 4 is 27.7 Å². The molecule has 0 radical (unpaired) electrons. The van der Waals surface area contributed by atoms with Crippen LogP contribution in [0.4, 0.5) is 0 Å². The van der Waals surface area contributed by atoms with Crippen molar-refractivity contribution in [2.45, 2.75) is 6.54 Å². The molecule has 0 atom stereocenters. The van der Waals surface area contributed by atoms with Crippen LogP contribution in [-0.4, -0.2) is 18.4 Å². The first-order chi connectivity index (χ1) is 9.66. The van der Waals surface area contributed by atoms with Gasteiger partial charge in [0.15, 0.2) is 0 Å². The molecule has 2 rings (SSSR count). The molecule has 0 saturated heterocycles. The third-order valence-corrected chi connectivity index (χ3v) is 3.26. The molecule has 5 nitrogen and oxygen atoms in total. The van der Waals surface area contributed by atoms with Gasteiger partial charge >= 0.3 is 0 Å². The SMILES string of the molecule is O=C(CNC(=O)c1ccccc1Br)NCc1ccco1. The molecule has 1 aromatic carbocycles. The summed E-state index contributed by atoms with van der Waals surface area (Å²) in [6.45, 7) is 0.220. The second-order valence-corrected chi connectivity index (χ2v) is 4.87. The number of nitrogens with one attached hydrogen (secondary N) is 2. The van der Waals surface area contributed by atoms with Crippen molar-refractivity contribution in [2.24, 2.45) is 0 Å². The van der Waals surface area contributed by atoms with E-state index in [2.05, 4.69) is 26.6 Å². The van der Waals surface area contributed by atoms with Gasteiger partial charge in [0.2, 0.25) is 5.91 Å². The predicted octanol–water partition coefficient (Wildman–Crippen LogP) is 2.09. The second kappa shape index (κ2) is 6.91. The lowest BCUT2D eigenvalue weighted by molar-refractivity contribution is -0.120. The molecule has 0 fully saturated rings. The Morgan fingerprint density at radius 1 is 1.10 bits per heavy atom. The lowest BCUT2D eigenvalue weighted by atomic mass is 10.2. The van der Waals surface area contributed by atoms with Crippen molar-refractivity contribution in [1.29, 1.82) is 0 Å². The molecule has 1 aromatic heterocycles. The van der Waals surface area contributed by atoms with Crippen LogP contribution in [0.15, 0.2) is 51.6 Å². The normalized spacial score (nSPS) is 10.1. The number of hydrogen-bond donors (Lipinski definition) is 2. The monoisotopic (exact) mass is 336 g/mol. The zero-order valence-corrected chi connectivity index (χ0v) is 12.1. The number of halogens is 1. The maximum absolute atomic E-state index is 11.9. The molecule has 2 N–H and O–H groups in total. The lowest BCUT2D eigenvalue weighted by Crippen LogP contribution is -2.36. The van der Waals surface area contributed by atoms with E-state index < -0.39 is 0 Å². The molecular weight excluding hydrogens is 324 g/mol. The lowest BCUT2D eigenvalue weighted by Gasteiger charge is -2.07. The number of benzene rings is 1. The highest BCUT2D eigenvalue weighted by Crippen LogP contribution is 2.15. The fourth-order valence-corrected chi connectivity index (χ4v) is 2.03. The Morgan fingerprint density at radius 2 is 1.90 bits per heavy atom. The van der Waals surface area contributed by atoms with Crippen LogP contribution < -0.4 is 10.6 Å². The van der Waals surface area contributed by atoms with Crippen LogP contribution in [0.25, 0.3) is 0 Å². The Morgan fingerprint density at radius 3 is 2.60 bits per heavy atom. The number of carbonyl (C=O) groups is 2. The van der Waals surface area contributed by atoms with E-state index >= 15 is 0 Å². The maximum Gasteiger partial charge on any atom is 0.252 e. The quantitative estimate of drug-likeness (QED) is 0.878. The number of amides is 2. The van der Waals surface area contributed by atoms with E-state index in [4.69, 9.17) is 4.42 Å². The number of rotatable bonds is 5. The summed E-state index contributed by atoms with van der Waals surface area (Å²) in [5.74, 6) is 0.0860. The van der Waals surface area contributed by atoms with Crippen LogP contribution in [0.2, 0.25) is 0 Å². The van der Waals surface area contributed by atoms with Crippen LogP contribution in [0.3, 0.4) is 0 Å². The van der Waals surface area contributed by atoms with E-state index in [1.807, 2.05) is 6.07 Å². The van der Waals surface area contributed by atoms with Gasteiger partial charge in [-0.05, 0) is 40.2 Å². The average Bonchev–Trinajstić information content (AvgIpc) is 2.96. The highest BCUT2D eigenvalue weighted by atomic mass is 79.9. The van der Waals surface area contributed by atoms with Crippen molar-refractivity contribution < 1.29 is 14.0 Å². The molecule has 0 aliphatic rings. The van der Waals surface area contributed by atoms with E-state index in [1.54, 1.807) is 30.3 Å². The van der Waals surface area contributed by atoms with Gasteiger partial charge in [-0.25, -0.2) is 0 Å². The van der Waals surface area contributed by atoms with E-state index in [1.165, 1.54) is 6.26 Å². The Labute approximate surface area is 124 Å². The van der Waals surface area contributed by atoms with Crippen LogP contribution in [0.5, 0.6) is 0 Å². The van der Waals surface area contributed by atoms with Crippen molar-refractivity contribution in [3.8, 4) is 0 Å². The van der Waals surface area contributed by atoms with E-state index in [-0.39, 0.29) is 18.4 Å². The Balaban J connectivity index is 1.78. The van der Waals surface area contributed by atoms with E-state index in [0.29, 0.717) is 22.3 Å². The summed E-state index contributed by atoms with van der Waals surface area (Å²) >= 11 is 3.29. The minimum absolute atomic E-state index is 0.0825. The third-order valence-electron chi connectivity index (χ3n) is 2.57. The van der Waals surface area contributed by atoms with Crippen molar-refractivity contribution in [3.05, 3.63) is 58.5 Å². The minimum Gasteiger partial charge on any atom is -0.467 e. The summed E-state index contributed by atoms with van der Waals surface area (Å²) in [4.78, 5) is 23.4. The smallest absolute Gasteiger partial charge is 0.252 e. The first kappa shape index (κ1) is 14.3. The van der Waals surface area contributed by atoms with Gasteiger partial charge < -0.3 is 15.1 Å². The molecule has 6 heteroatoms.